The number of carbonyl (C=O) groups is 2. The van der Waals surface area contributed by atoms with Gasteiger partial charge in [-0.05, 0) is 17.7 Å². The van der Waals surface area contributed by atoms with E-state index in [-0.39, 0.29) is 23.7 Å². The van der Waals surface area contributed by atoms with E-state index in [0.29, 0.717) is 52.4 Å². The van der Waals surface area contributed by atoms with Gasteiger partial charge in [0, 0.05) is 46.2 Å². The molecule has 2 saturated heterocycles. The first-order valence-electron chi connectivity index (χ1n) is 8.65. The maximum absolute atomic E-state index is 13.1. The van der Waals surface area contributed by atoms with Crippen molar-refractivity contribution in [2.24, 2.45) is 0 Å². The van der Waals surface area contributed by atoms with Crippen molar-refractivity contribution < 1.29 is 18.7 Å². The van der Waals surface area contributed by atoms with E-state index in [0.717, 1.165) is 5.56 Å². The molecular formula is C18H24FN3O3. The van der Waals surface area contributed by atoms with Gasteiger partial charge in [-0.25, -0.2) is 4.39 Å². The van der Waals surface area contributed by atoms with Crippen molar-refractivity contribution in [3.63, 3.8) is 0 Å². The number of amides is 2. The first kappa shape index (κ1) is 17.8. The molecule has 1 atom stereocenters. The van der Waals surface area contributed by atoms with E-state index in [1.807, 2.05) is 4.90 Å². The van der Waals surface area contributed by atoms with Gasteiger partial charge >= 0.3 is 0 Å². The molecule has 0 saturated carbocycles. The highest BCUT2D eigenvalue weighted by Gasteiger charge is 2.27. The molecule has 0 aliphatic carbocycles. The summed E-state index contributed by atoms with van der Waals surface area (Å²) in [5.41, 5.74) is 0.925. The van der Waals surface area contributed by atoms with Crippen LogP contribution in [-0.2, 0) is 14.3 Å². The Morgan fingerprint density at radius 3 is 2.36 bits per heavy atom. The van der Waals surface area contributed by atoms with Crippen molar-refractivity contribution in [2.45, 2.75) is 13.0 Å². The second kappa shape index (κ2) is 7.93. The molecule has 2 aliphatic heterocycles. The first-order chi connectivity index (χ1) is 12.0. The van der Waals surface area contributed by atoms with Crippen molar-refractivity contribution in [1.29, 1.82) is 0 Å². The minimum atomic E-state index is -0.267. The Balaban J connectivity index is 1.51. The number of carbonyl (C=O) groups excluding carboxylic acids is 2. The fourth-order valence-corrected chi connectivity index (χ4v) is 3.29. The molecule has 0 N–H and O–H groups in total. The number of benzene rings is 1. The normalized spacial score (nSPS) is 22.1. The Labute approximate surface area is 147 Å². The molecule has 0 aromatic heterocycles. The lowest BCUT2D eigenvalue weighted by Crippen LogP contribution is -2.53. The minimum absolute atomic E-state index is 0.0578. The third kappa shape index (κ3) is 4.55. The van der Waals surface area contributed by atoms with Crippen LogP contribution in [0.2, 0.25) is 0 Å². The summed E-state index contributed by atoms with van der Waals surface area (Å²) in [4.78, 5) is 29.6. The molecule has 0 spiro atoms. The summed E-state index contributed by atoms with van der Waals surface area (Å²) in [6.07, 6.45) is -0.142. The van der Waals surface area contributed by atoms with Gasteiger partial charge in [-0.2, -0.15) is 0 Å². The molecule has 2 amide bonds. The molecule has 1 unspecified atom stereocenters. The van der Waals surface area contributed by atoms with Crippen LogP contribution in [0, 0.1) is 5.82 Å². The van der Waals surface area contributed by atoms with Crippen LogP contribution in [0.1, 0.15) is 18.6 Å². The summed E-state index contributed by atoms with van der Waals surface area (Å²) < 4.78 is 18.8. The Hall–Kier alpha value is -1.99. The van der Waals surface area contributed by atoms with Gasteiger partial charge in [0.1, 0.15) is 5.82 Å². The molecule has 136 valence electrons. The zero-order valence-corrected chi connectivity index (χ0v) is 14.5. The molecule has 1 aromatic rings. The molecule has 6 nitrogen and oxygen atoms in total. The predicted molar refractivity (Wildman–Crippen MR) is 90.4 cm³/mol. The number of nitrogens with zero attached hydrogens (tertiary/aromatic N) is 3. The van der Waals surface area contributed by atoms with E-state index in [1.54, 1.807) is 24.0 Å². The fraction of sp³-hybridized carbons (Fsp3) is 0.556. The maximum Gasteiger partial charge on any atom is 0.236 e. The molecular weight excluding hydrogens is 325 g/mol. The summed E-state index contributed by atoms with van der Waals surface area (Å²) in [5.74, 6) is -0.123. The van der Waals surface area contributed by atoms with Gasteiger partial charge in [0.2, 0.25) is 11.8 Å². The topological polar surface area (TPSA) is 53.1 Å². The van der Waals surface area contributed by atoms with Gasteiger partial charge in [-0.15, -0.1) is 0 Å². The van der Waals surface area contributed by atoms with E-state index in [4.69, 9.17) is 4.74 Å². The summed E-state index contributed by atoms with van der Waals surface area (Å²) in [6.45, 7) is 6.15. The van der Waals surface area contributed by atoms with Crippen LogP contribution in [0.15, 0.2) is 24.3 Å². The van der Waals surface area contributed by atoms with Gasteiger partial charge in [0.15, 0.2) is 0 Å². The lowest BCUT2D eigenvalue weighted by atomic mass is 10.1. The summed E-state index contributed by atoms with van der Waals surface area (Å²) in [5, 5.41) is 0. The van der Waals surface area contributed by atoms with E-state index in [2.05, 4.69) is 4.90 Å². The van der Waals surface area contributed by atoms with E-state index in [1.165, 1.54) is 12.1 Å². The Kier molecular flexibility index (Phi) is 5.65. The second-order valence-corrected chi connectivity index (χ2v) is 6.53. The van der Waals surface area contributed by atoms with Crippen molar-refractivity contribution >= 4 is 11.8 Å². The molecule has 25 heavy (non-hydrogen) atoms. The van der Waals surface area contributed by atoms with Crippen LogP contribution >= 0.6 is 0 Å². The van der Waals surface area contributed by atoms with Gasteiger partial charge < -0.3 is 14.5 Å². The van der Waals surface area contributed by atoms with Crippen molar-refractivity contribution in [2.75, 3.05) is 52.4 Å². The summed E-state index contributed by atoms with van der Waals surface area (Å²) in [7, 11) is 0. The molecule has 2 aliphatic rings. The smallest absolute Gasteiger partial charge is 0.236 e. The van der Waals surface area contributed by atoms with Crippen LogP contribution in [0.4, 0.5) is 4.39 Å². The lowest BCUT2D eigenvalue weighted by Gasteiger charge is -2.37. The van der Waals surface area contributed by atoms with Crippen LogP contribution < -0.4 is 0 Å². The third-order valence-electron chi connectivity index (χ3n) is 4.83. The molecule has 2 fully saturated rings. The number of halogens is 1. The van der Waals surface area contributed by atoms with Gasteiger partial charge in [0.25, 0.3) is 0 Å². The first-order valence-corrected chi connectivity index (χ1v) is 8.65. The Morgan fingerprint density at radius 2 is 1.72 bits per heavy atom. The largest absolute Gasteiger partial charge is 0.371 e. The standard InChI is InChI=1S/C18H24FN3O3/c1-14(23)21-6-8-22(9-7-21)18(24)13-20-10-11-25-17(12-20)15-2-4-16(19)5-3-15/h2-5,17H,6-13H2,1H3. The maximum atomic E-state index is 13.1. The lowest BCUT2D eigenvalue weighted by molar-refractivity contribution is -0.140. The molecule has 0 bridgehead atoms. The second-order valence-electron chi connectivity index (χ2n) is 6.53. The van der Waals surface area contributed by atoms with E-state index in [9.17, 15) is 14.0 Å². The molecule has 0 radical (unpaired) electrons. The quantitative estimate of drug-likeness (QED) is 0.813. The zero-order valence-electron chi connectivity index (χ0n) is 14.5. The van der Waals surface area contributed by atoms with E-state index < -0.39 is 0 Å². The van der Waals surface area contributed by atoms with Crippen LogP contribution in [0.5, 0.6) is 0 Å². The molecule has 1 aromatic carbocycles. The van der Waals surface area contributed by atoms with Crippen molar-refractivity contribution in [3.05, 3.63) is 35.6 Å². The number of hydrogen-bond donors (Lipinski definition) is 0. The van der Waals surface area contributed by atoms with Gasteiger partial charge in [-0.3, -0.25) is 14.5 Å². The average Bonchev–Trinajstić information content (AvgIpc) is 2.62. The fourth-order valence-electron chi connectivity index (χ4n) is 3.29. The highest BCUT2D eigenvalue weighted by atomic mass is 19.1. The number of ether oxygens (including phenoxy) is 1. The van der Waals surface area contributed by atoms with E-state index >= 15 is 0 Å². The molecule has 7 heteroatoms. The number of morpholine rings is 1. The predicted octanol–water partition coefficient (Wildman–Crippen LogP) is 0.890. The number of rotatable bonds is 3. The van der Waals surface area contributed by atoms with Crippen molar-refractivity contribution in [3.8, 4) is 0 Å². The highest BCUT2D eigenvalue weighted by molar-refractivity contribution is 5.79. The summed E-state index contributed by atoms with van der Waals surface area (Å²) in [6, 6.07) is 6.31. The molecule has 3 rings (SSSR count). The average molecular weight is 349 g/mol. The van der Waals surface area contributed by atoms with Gasteiger partial charge in [-0.1, -0.05) is 12.1 Å². The number of piperazine rings is 1. The SMILES string of the molecule is CC(=O)N1CCN(C(=O)CN2CCOC(c3ccc(F)cc3)C2)CC1. The van der Waals surface area contributed by atoms with Crippen molar-refractivity contribution in [1.82, 2.24) is 14.7 Å². The zero-order chi connectivity index (χ0) is 17.8. The highest BCUT2D eigenvalue weighted by Crippen LogP contribution is 2.22. The van der Waals surface area contributed by atoms with Crippen LogP contribution in [0.25, 0.3) is 0 Å². The third-order valence-corrected chi connectivity index (χ3v) is 4.83. The Morgan fingerprint density at radius 1 is 1.08 bits per heavy atom. The minimum Gasteiger partial charge on any atom is -0.371 e. The summed E-state index contributed by atoms with van der Waals surface area (Å²) >= 11 is 0. The monoisotopic (exact) mass is 349 g/mol. The number of hydrogen-bond acceptors (Lipinski definition) is 4. The molecule has 2 heterocycles. The Bertz CT molecular complexity index is 614. The van der Waals surface area contributed by atoms with Gasteiger partial charge in [0.05, 0.1) is 19.3 Å². The van der Waals surface area contributed by atoms with Crippen LogP contribution in [0.3, 0.4) is 0 Å². The van der Waals surface area contributed by atoms with Crippen LogP contribution in [-0.4, -0.2) is 78.9 Å².